The number of nitrogens with zero attached hydrogens (tertiary/aromatic N) is 4. The topological polar surface area (TPSA) is 76.2 Å². The smallest absolute Gasteiger partial charge is 0.261 e. The molecule has 3 aliphatic rings. The Labute approximate surface area is 259 Å². The van der Waals surface area contributed by atoms with E-state index in [0.717, 1.165) is 63.4 Å². The maximum absolute atomic E-state index is 15.8. The van der Waals surface area contributed by atoms with Crippen LogP contribution in [-0.2, 0) is 4.79 Å². The number of anilines is 2. The second-order valence-corrected chi connectivity index (χ2v) is 12.1. The summed E-state index contributed by atoms with van der Waals surface area (Å²) in [4.78, 5) is 29.0. The van der Waals surface area contributed by atoms with Crippen molar-refractivity contribution in [1.29, 1.82) is 0 Å². The van der Waals surface area contributed by atoms with Gasteiger partial charge in [0, 0.05) is 79.4 Å². The van der Waals surface area contributed by atoms with Crippen molar-refractivity contribution >= 4 is 34.0 Å². The van der Waals surface area contributed by atoms with Gasteiger partial charge in [-0.05, 0) is 81.6 Å². The number of carbonyl (C=O) groups excluding carboxylic acids is 1. The lowest BCUT2D eigenvalue weighted by Gasteiger charge is -2.35. The lowest BCUT2D eigenvalue weighted by atomic mass is 9.97. The van der Waals surface area contributed by atoms with E-state index in [4.69, 9.17) is 9.73 Å². The van der Waals surface area contributed by atoms with E-state index in [1.807, 2.05) is 43.0 Å². The molecule has 232 valence electrons. The molecule has 1 atom stereocenters. The van der Waals surface area contributed by atoms with Crippen LogP contribution < -0.4 is 15.0 Å². The minimum Gasteiger partial charge on any atom is -0.457 e. The number of aromatic amines is 1. The number of H-pyrrole nitrogens is 1. The molecule has 1 amide bonds. The number of halogens is 1. The van der Waals surface area contributed by atoms with Crippen molar-refractivity contribution in [3.63, 3.8) is 0 Å². The van der Waals surface area contributed by atoms with Gasteiger partial charge in [0.1, 0.15) is 17.2 Å². The summed E-state index contributed by atoms with van der Waals surface area (Å²) in [7, 11) is 0. The third kappa shape index (κ3) is 6.38. The Morgan fingerprint density at radius 3 is 2.52 bits per heavy atom. The second kappa shape index (κ2) is 13.3. The van der Waals surface area contributed by atoms with Crippen molar-refractivity contribution < 1.29 is 13.9 Å². The highest BCUT2D eigenvalue weighted by Crippen LogP contribution is 2.33. The molecule has 3 aliphatic heterocycles. The summed E-state index contributed by atoms with van der Waals surface area (Å²) < 4.78 is 22.2. The van der Waals surface area contributed by atoms with Gasteiger partial charge in [-0.15, -0.1) is 0 Å². The maximum atomic E-state index is 15.8. The number of hydrogen-bond acceptors (Lipinski definition) is 6. The number of ether oxygens (including phenoxy) is 1. The summed E-state index contributed by atoms with van der Waals surface area (Å²) in [5, 5.41) is 3.90. The number of allylic oxidation sites excluding steroid dienone is 2. The molecule has 0 aliphatic carbocycles. The summed E-state index contributed by atoms with van der Waals surface area (Å²) in [6.07, 6.45) is 7.33. The molecular weight excluding hydrogens is 555 g/mol. The molecule has 1 aromatic heterocycles. The molecule has 1 unspecified atom stereocenters. The van der Waals surface area contributed by atoms with E-state index in [0.29, 0.717) is 47.6 Å². The summed E-state index contributed by atoms with van der Waals surface area (Å²) in [6, 6.07) is 13.5. The fourth-order valence-electron chi connectivity index (χ4n) is 6.34. The summed E-state index contributed by atoms with van der Waals surface area (Å²) >= 11 is 0. The predicted molar refractivity (Wildman–Crippen MR) is 176 cm³/mol. The molecule has 2 saturated heterocycles. The first-order valence-corrected chi connectivity index (χ1v) is 16.0. The van der Waals surface area contributed by atoms with E-state index in [-0.39, 0.29) is 17.6 Å². The quantitative estimate of drug-likeness (QED) is 0.340. The van der Waals surface area contributed by atoms with Crippen molar-refractivity contribution in [3.8, 4) is 5.75 Å². The first kappa shape index (κ1) is 29.9. The van der Waals surface area contributed by atoms with Crippen molar-refractivity contribution in [3.05, 3.63) is 77.6 Å². The molecule has 8 nitrogen and oxygen atoms in total. The number of aryl methyl sites for hydroxylation is 1. The summed E-state index contributed by atoms with van der Waals surface area (Å²) in [5.74, 6) is 0.148. The zero-order chi connectivity index (χ0) is 30.6. The lowest BCUT2D eigenvalue weighted by molar-refractivity contribution is -0.127. The number of piperazine rings is 1. The van der Waals surface area contributed by atoms with E-state index >= 15 is 4.39 Å². The number of piperidine rings is 1. The molecule has 0 bridgehead atoms. The number of aromatic nitrogens is 1. The number of hydrogen-bond donors (Lipinski definition) is 2. The summed E-state index contributed by atoms with van der Waals surface area (Å²) in [5.41, 5.74) is 3.93. The fourth-order valence-corrected chi connectivity index (χ4v) is 6.34. The number of amidine groups is 1. The van der Waals surface area contributed by atoms with Crippen LogP contribution in [0.5, 0.6) is 5.75 Å². The number of likely N-dealkylation sites (tertiary alicyclic amines) is 1. The Hall–Kier alpha value is -4.11. The van der Waals surface area contributed by atoms with Gasteiger partial charge in [-0.2, -0.15) is 0 Å². The van der Waals surface area contributed by atoms with Crippen LogP contribution in [0, 0.1) is 18.7 Å². The number of nitrogens with one attached hydrogen (secondary N) is 2. The molecule has 2 fully saturated rings. The van der Waals surface area contributed by atoms with E-state index in [1.165, 1.54) is 5.69 Å². The van der Waals surface area contributed by atoms with Crippen LogP contribution in [0.1, 0.15) is 45.2 Å². The first-order chi connectivity index (χ1) is 21.4. The van der Waals surface area contributed by atoms with Crippen LogP contribution in [0.3, 0.4) is 0 Å². The zero-order valence-electron chi connectivity index (χ0n) is 26.0. The molecule has 3 aromatic rings. The van der Waals surface area contributed by atoms with Crippen LogP contribution in [0.25, 0.3) is 10.9 Å². The Morgan fingerprint density at radius 1 is 1.05 bits per heavy atom. The van der Waals surface area contributed by atoms with Crippen molar-refractivity contribution in [2.45, 2.75) is 46.5 Å². The van der Waals surface area contributed by atoms with Gasteiger partial charge in [0.15, 0.2) is 11.6 Å². The van der Waals surface area contributed by atoms with Crippen LogP contribution in [-0.4, -0.2) is 72.3 Å². The largest absolute Gasteiger partial charge is 0.457 e. The number of fused-ring (bicyclic) bond motifs is 1. The molecular formula is C35H43FN6O2. The number of rotatable bonds is 6. The summed E-state index contributed by atoms with van der Waals surface area (Å²) in [6.45, 7) is 12.7. The molecule has 0 spiro atoms. The monoisotopic (exact) mass is 598 g/mol. The van der Waals surface area contributed by atoms with Gasteiger partial charge >= 0.3 is 0 Å². The highest BCUT2D eigenvalue weighted by molar-refractivity contribution is 6.25. The van der Waals surface area contributed by atoms with Crippen LogP contribution in [0.15, 0.2) is 71.1 Å². The first-order valence-electron chi connectivity index (χ1n) is 16.0. The molecule has 2 aromatic carbocycles. The molecule has 0 radical (unpaired) electrons. The van der Waals surface area contributed by atoms with Crippen LogP contribution in [0.2, 0.25) is 0 Å². The average molecular weight is 599 g/mol. The normalized spacial score (nSPS) is 23.5. The fraction of sp³-hybridized carbons (Fsp3) is 0.429. The van der Waals surface area contributed by atoms with Crippen molar-refractivity contribution in [1.82, 2.24) is 14.8 Å². The number of likely N-dealkylation sites (N-methyl/N-ethyl adjacent to an activating group) is 1. The standard InChI is InChI=1S/C35H43FN6O2/c1-4-40-19-21-41(22-20-40)27-12-10-26(11-13-27)39-34-31(35(43)42-17-6-5-7-18-42)33(24(2)9-8-16-37-34)44-30-15-14-29-28(32(30)36)23-25(3)38-29/h8,10-16,23-24,38H,4-7,9,17-22H2,1-3H3,(H,37,39)/b16-8+,33-31-. The molecule has 6 rings (SSSR count). The Bertz CT molecular complexity index is 1580. The Balaban J connectivity index is 1.35. The highest BCUT2D eigenvalue weighted by atomic mass is 19.1. The highest BCUT2D eigenvalue weighted by Gasteiger charge is 2.32. The maximum Gasteiger partial charge on any atom is 0.261 e. The van der Waals surface area contributed by atoms with E-state index in [1.54, 1.807) is 18.3 Å². The van der Waals surface area contributed by atoms with Gasteiger partial charge in [-0.25, -0.2) is 9.38 Å². The van der Waals surface area contributed by atoms with Gasteiger partial charge in [0.05, 0.1) is 0 Å². The van der Waals surface area contributed by atoms with Gasteiger partial charge in [0.25, 0.3) is 5.91 Å². The predicted octanol–water partition coefficient (Wildman–Crippen LogP) is 6.47. The molecule has 44 heavy (non-hydrogen) atoms. The number of amides is 1. The molecule has 4 heterocycles. The van der Waals surface area contributed by atoms with Crippen molar-refractivity contribution in [2.75, 3.05) is 56.0 Å². The van der Waals surface area contributed by atoms with Gasteiger partial charge in [-0.1, -0.05) is 19.9 Å². The van der Waals surface area contributed by atoms with Gasteiger partial charge < -0.3 is 29.7 Å². The molecule has 0 saturated carbocycles. The number of benzene rings is 2. The van der Waals surface area contributed by atoms with Crippen LogP contribution >= 0.6 is 0 Å². The zero-order valence-corrected chi connectivity index (χ0v) is 26.0. The van der Waals surface area contributed by atoms with E-state index < -0.39 is 5.82 Å². The third-order valence-corrected chi connectivity index (χ3v) is 8.96. The Morgan fingerprint density at radius 2 is 1.80 bits per heavy atom. The second-order valence-electron chi connectivity index (χ2n) is 12.1. The lowest BCUT2D eigenvalue weighted by Crippen LogP contribution is -2.46. The average Bonchev–Trinajstić information content (AvgIpc) is 3.44. The number of aliphatic imine (C=N–C) groups is 1. The van der Waals surface area contributed by atoms with Crippen LogP contribution in [0.4, 0.5) is 15.8 Å². The third-order valence-electron chi connectivity index (χ3n) is 8.96. The van der Waals surface area contributed by atoms with Gasteiger partial charge in [-0.3, -0.25) is 4.79 Å². The van der Waals surface area contributed by atoms with Gasteiger partial charge in [0.2, 0.25) is 0 Å². The number of carbonyl (C=O) groups is 1. The SMILES string of the molecule is CCN1CCN(c2ccc(NC3=N/C=C/CC(C)/C(Oc4ccc5[nH]c(C)cc5c4F)=C\3C(=O)N3CCCCC3)cc2)CC1. The Kier molecular flexibility index (Phi) is 9.02. The minimum absolute atomic E-state index is 0.0960. The van der Waals surface area contributed by atoms with E-state index in [2.05, 4.69) is 39.2 Å². The minimum atomic E-state index is -0.448. The molecule has 2 N–H and O–H groups in total. The van der Waals surface area contributed by atoms with E-state index in [9.17, 15) is 4.79 Å². The molecule has 9 heteroatoms. The van der Waals surface area contributed by atoms with Crippen molar-refractivity contribution in [2.24, 2.45) is 10.9 Å².